The van der Waals surface area contributed by atoms with Gasteiger partial charge in [-0.1, -0.05) is 11.6 Å². The van der Waals surface area contributed by atoms with Crippen LogP contribution in [0.25, 0.3) is 0 Å². The molecule has 2 heterocycles. The van der Waals surface area contributed by atoms with Crippen LogP contribution in [0.3, 0.4) is 0 Å². The monoisotopic (exact) mass is 240 g/mol. The molecule has 0 aromatic carbocycles. The lowest BCUT2D eigenvalue weighted by Crippen LogP contribution is -2.07. The molecule has 0 spiro atoms. The normalized spacial score (nSPS) is 10.2. The molecule has 0 unspecified atom stereocenters. The number of anilines is 1. The Kier molecular flexibility index (Phi) is 3.47. The first-order chi connectivity index (χ1) is 7.34. The van der Waals surface area contributed by atoms with Gasteiger partial charge < -0.3 is 5.32 Å². The molecule has 4 nitrogen and oxygen atoms in total. The summed E-state index contributed by atoms with van der Waals surface area (Å²) in [7, 11) is 0. The van der Waals surface area contributed by atoms with E-state index in [-0.39, 0.29) is 0 Å². The highest BCUT2D eigenvalue weighted by atomic mass is 35.5. The second kappa shape index (κ2) is 5.04. The summed E-state index contributed by atoms with van der Waals surface area (Å²) in [4.78, 5) is 12.2. The third kappa shape index (κ3) is 3.14. The maximum absolute atomic E-state index is 5.67. The van der Waals surface area contributed by atoms with Gasteiger partial charge in [0, 0.05) is 24.5 Å². The highest BCUT2D eigenvalue weighted by Gasteiger charge is 1.97. The lowest BCUT2D eigenvalue weighted by molar-refractivity contribution is 0.969. The lowest BCUT2D eigenvalue weighted by atomic mass is 10.4. The third-order valence-electron chi connectivity index (χ3n) is 1.73. The van der Waals surface area contributed by atoms with Crippen molar-refractivity contribution in [2.45, 2.75) is 6.42 Å². The molecule has 1 N–H and O–H groups in total. The van der Waals surface area contributed by atoms with Crippen molar-refractivity contribution in [1.82, 2.24) is 15.0 Å². The highest BCUT2D eigenvalue weighted by Crippen LogP contribution is 2.07. The van der Waals surface area contributed by atoms with E-state index in [4.69, 9.17) is 11.6 Å². The summed E-state index contributed by atoms with van der Waals surface area (Å²) >= 11 is 7.31. The summed E-state index contributed by atoms with van der Waals surface area (Å²) in [6.07, 6.45) is 5.82. The molecule has 6 heteroatoms. The maximum atomic E-state index is 5.67. The smallest absolute Gasteiger partial charge is 0.222 e. The van der Waals surface area contributed by atoms with Crippen molar-refractivity contribution in [2.24, 2.45) is 0 Å². The third-order valence-corrected chi connectivity index (χ3v) is 2.76. The summed E-state index contributed by atoms with van der Waals surface area (Å²) < 4.78 is 0. The van der Waals surface area contributed by atoms with Crippen molar-refractivity contribution in [3.63, 3.8) is 0 Å². The molecule has 0 saturated carbocycles. The molecule has 0 atom stereocenters. The topological polar surface area (TPSA) is 50.7 Å². The molecule has 2 aromatic rings. The number of hydrogen-bond donors (Lipinski definition) is 1. The molecule has 0 fully saturated rings. The van der Waals surface area contributed by atoms with E-state index in [1.54, 1.807) is 29.9 Å². The number of nitrogens with zero attached hydrogens (tertiary/aromatic N) is 3. The lowest BCUT2D eigenvalue weighted by Gasteiger charge is -2.01. The van der Waals surface area contributed by atoms with Gasteiger partial charge in [0.15, 0.2) is 0 Å². The molecular formula is C9H9ClN4S. The van der Waals surface area contributed by atoms with Crippen LogP contribution in [-0.4, -0.2) is 21.5 Å². The minimum atomic E-state index is 0.542. The van der Waals surface area contributed by atoms with Gasteiger partial charge in [-0.15, -0.1) is 11.3 Å². The van der Waals surface area contributed by atoms with Gasteiger partial charge in [0.05, 0.1) is 22.4 Å². The first kappa shape index (κ1) is 10.3. The fraction of sp³-hybridized carbons (Fsp3) is 0.222. The van der Waals surface area contributed by atoms with E-state index in [9.17, 15) is 0 Å². The van der Waals surface area contributed by atoms with Crippen LogP contribution in [0.4, 0.5) is 5.95 Å². The summed E-state index contributed by atoms with van der Waals surface area (Å²) in [5.41, 5.74) is 0. The molecule has 2 rings (SSSR count). The Morgan fingerprint density at radius 1 is 1.27 bits per heavy atom. The van der Waals surface area contributed by atoms with E-state index in [0.717, 1.165) is 18.0 Å². The molecule has 2 aromatic heterocycles. The highest BCUT2D eigenvalue weighted by molar-refractivity contribution is 7.09. The first-order valence-corrected chi connectivity index (χ1v) is 5.70. The molecule has 0 aliphatic rings. The predicted molar refractivity (Wildman–Crippen MR) is 61.3 cm³/mol. The molecule has 0 radical (unpaired) electrons. The molecule has 78 valence electrons. The van der Waals surface area contributed by atoms with Gasteiger partial charge in [0.1, 0.15) is 0 Å². The van der Waals surface area contributed by atoms with Gasteiger partial charge in [-0.3, -0.25) is 0 Å². The fourth-order valence-electron chi connectivity index (χ4n) is 1.06. The number of thiazole rings is 1. The van der Waals surface area contributed by atoms with Crippen LogP contribution in [0.15, 0.2) is 24.0 Å². The van der Waals surface area contributed by atoms with E-state index in [1.807, 2.05) is 5.38 Å². The van der Waals surface area contributed by atoms with Crippen LogP contribution < -0.4 is 5.32 Å². The van der Waals surface area contributed by atoms with Crippen molar-refractivity contribution < 1.29 is 0 Å². The van der Waals surface area contributed by atoms with Gasteiger partial charge in [-0.2, -0.15) is 0 Å². The van der Waals surface area contributed by atoms with Gasteiger partial charge in [-0.25, -0.2) is 15.0 Å². The molecule has 15 heavy (non-hydrogen) atoms. The van der Waals surface area contributed by atoms with Gasteiger partial charge in [0.25, 0.3) is 0 Å². The van der Waals surface area contributed by atoms with E-state index in [0.29, 0.717) is 11.0 Å². The van der Waals surface area contributed by atoms with Crippen LogP contribution in [0.2, 0.25) is 5.02 Å². The van der Waals surface area contributed by atoms with Crippen molar-refractivity contribution in [3.05, 3.63) is 34.0 Å². The Hall–Kier alpha value is -1.20. The van der Waals surface area contributed by atoms with Crippen molar-refractivity contribution in [3.8, 4) is 0 Å². The molecule has 0 saturated heterocycles. The standard InChI is InChI=1S/C9H9ClN4S/c10-7-5-13-9(14-6-7)12-2-1-8-11-3-4-15-8/h3-6H,1-2H2,(H,12,13,14). The van der Waals surface area contributed by atoms with Gasteiger partial charge in [-0.05, 0) is 0 Å². The van der Waals surface area contributed by atoms with Gasteiger partial charge in [0.2, 0.25) is 5.95 Å². The van der Waals surface area contributed by atoms with E-state index >= 15 is 0 Å². The van der Waals surface area contributed by atoms with Crippen LogP contribution >= 0.6 is 22.9 Å². The minimum Gasteiger partial charge on any atom is -0.354 e. The quantitative estimate of drug-likeness (QED) is 0.891. The summed E-state index contributed by atoms with van der Waals surface area (Å²) in [6.45, 7) is 0.773. The Bertz CT molecular complexity index is 401. The van der Waals surface area contributed by atoms with E-state index in [1.165, 1.54) is 0 Å². The Labute approximate surface area is 96.4 Å². The molecular weight excluding hydrogens is 232 g/mol. The van der Waals surface area contributed by atoms with Gasteiger partial charge >= 0.3 is 0 Å². The van der Waals surface area contributed by atoms with E-state index < -0.39 is 0 Å². The van der Waals surface area contributed by atoms with Crippen LogP contribution in [0.1, 0.15) is 5.01 Å². The Morgan fingerprint density at radius 3 is 2.73 bits per heavy atom. The average Bonchev–Trinajstić information content (AvgIpc) is 2.74. The van der Waals surface area contributed by atoms with Crippen molar-refractivity contribution in [1.29, 1.82) is 0 Å². The summed E-state index contributed by atoms with van der Waals surface area (Å²) in [5, 5.41) is 6.71. The summed E-state index contributed by atoms with van der Waals surface area (Å²) in [5.74, 6) is 0.593. The van der Waals surface area contributed by atoms with Crippen LogP contribution in [0, 0.1) is 0 Å². The predicted octanol–water partition coefficient (Wildman–Crippen LogP) is 2.24. The maximum Gasteiger partial charge on any atom is 0.222 e. The second-order valence-electron chi connectivity index (χ2n) is 2.83. The average molecular weight is 241 g/mol. The zero-order valence-corrected chi connectivity index (χ0v) is 9.42. The largest absolute Gasteiger partial charge is 0.354 e. The number of nitrogens with one attached hydrogen (secondary N) is 1. The molecule has 0 amide bonds. The summed E-state index contributed by atoms with van der Waals surface area (Å²) in [6, 6.07) is 0. The minimum absolute atomic E-state index is 0.542. The zero-order chi connectivity index (χ0) is 10.5. The van der Waals surface area contributed by atoms with Crippen LogP contribution in [0.5, 0.6) is 0 Å². The number of rotatable bonds is 4. The number of hydrogen-bond acceptors (Lipinski definition) is 5. The van der Waals surface area contributed by atoms with Crippen molar-refractivity contribution >= 4 is 28.9 Å². The van der Waals surface area contributed by atoms with Crippen molar-refractivity contribution in [2.75, 3.05) is 11.9 Å². The Balaban J connectivity index is 1.81. The fourth-order valence-corrected chi connectivity index (χ4v) is 1.78. The second-order valence-corrected chi connectivity index (χ2v) is 4.24. The molecule has 0 aliphatic carbocycles. The number of aromatic nitrogens is 3. The first-order valence-electron chi connectivity index (χ1n) is 4.44. The van der Waals surface area contributed by atoms with Crippen LogP contribution in [-0.2, 0) is 6.42 Å². The number of halogens is 1. The molecule has 0 bridgehead atoms. The van der Waals surface area contributed by atoms with E-state index in [2.05, 4.69) is 20.3 Å². The Morgan fingerprint density at radius 2 is 2.07 bits per heavy atom. The SMILES string of the molecule is Clc1cnc(NCCc2nccs2)nc1. The zero-order valence-electron chi connectivity index (χ0n) is 7.85. The molecule has 0 aliphatic heterocycles.